The highest BCUT2D eigenvalue weighted by molar-refractivity contribution is 7.09. The van der Waals surface area contributed by atoms with Gasteiger partial charge in [-0.3, -0.25) is 0 Å². The van der Waals surface area contributed by atoms with E-state index in [-0.39, 0.29) is 5.97 Å². The zero-order chi connectivity index (χ0) is 20.7. The van der Waals surface area contributed by atoms with Crippen molar-refractivity contribution in [3.8, 4) is 11.4 Å². The Balaban J connectivity index is 1.71. The van der Waals surface area contributed by atoms with Gasteiger partial charge >= 0.3 is 5.97 Å². The van der Waals surface area contributed by atoms with E-state index in [9.17, 15) is 4.79 Å². The fourth-order valence-corrected chi connectivity index (χ4v) is 4.60. The first-order valence-electron chi connectivity index (χ1n) is 9.74. The molecule has 3 aromatic heterocycles. The second-order valence-electron chi connectivity index (χ2n) is 7.00. The van der Waals surface area contributed by atoms with Gasteiger partial charge in [0.2, 0.25) is 0 Å². The molecule has 0 aliphatic carbocycles. The number of nitrogens with zero attached hydrogens (tertiary/aromatic N) is 4. The van der Waals surface area contributed by atoms with Gasteiger partial charge in [-0.15, -0.1) is 11.3 Å². The van der Waals surface area contributed by atoms with Crippen LogP contribution in [0.3, 0.4) is 0 Å². The summed E-state index contributed by atoms with van der Waals surface area (Å²) in [5.74, 6) is 0.508. The molecule has 0 N–H and O–H groups in total. The van der Waals surface area contributed by atoms with Crippen molar-refractivity contribution in [2.24, 2.45) is 0 Å². The van der Waals surface area contributed by atoms with Crippen LogP contribution in [0.2, 0.25) is 0 Å². The molecule has 2 aromatic carbocycles. The van der Waals surface area contributed by atoms with E-state index in [0.717, 1.165) is 46.5 Å². The van der Waals surface area contributed by atoms with Crippen LogP contribution in [0.15, 0.2) is 60.2 Å². The van der Waals surface area contributed by atoms with Crippen molar-refractivity contribution in [2.75, 3.05) is 7.11 Å². The van der Waals surface area contributed by atoms with E-state index in [0.29, 0.717) is 5.56 Å². The van der Waals surface area contributed by atoms with Gasteiger partial charge < -0.3 is 13.9 Å². The van der Waals surface area contributed by atoms with Crippen molar-refractivity contribution in [2.45, 2.75) is 20.0 Å². The topological polar surface area (TPSA) is 61.9 Å². The molecule has 30 heavy (non-hydrogen) atoms. The summed E-state index contributed by atoms with van der Waals surface area (Å²) in [5.41, 5.74) is 5.29. The zero-order valence-electron chi connectivity index (χ0n) is 16.7. The number of esters is 1. The number of para-hydroxylation sites is 1. The van der Waals surface area contributed by atoms with Crippen LogP contribution in [0.4, 0.5) is 0 Å². The van der Waals surface area contributed by atoms with Gasteiger partial charge in [-0.1, -0.05) is 12.1 Å². The first-order chi connectivity index (χ1) is 14.7. The van der Waals surface area contributed by atoms with Gasteiger partial charge in [0, 0.05) is 17.0 Å². The van der Waals surface area contributed by atoms with E-state index in [1.54, 1.807) is 23.5 Å². The Labute approximate surface area is 177 Å². The number of hydrogen-bond donors (Lipinski definition) is 0. The van der Waals surface area contributed by atoms with Crippen molar-refractivity contribution in [3.63, 3.8) is 0 Å². The van der Waals surface area contributed by atoms with E-state index in [1.807, 2.05) is 24.5 Å². The van der Waals surface area contributed by atoms with Gasteiger partial charge in [-0.25, -0.2) is 14.8 Å². The van der Waals surface area contributed by atoms with Crippen molar-refractivity contribution in [1.82, 2.24) is 19.1 Å². The van der Waals surface area contributed by atoms with Crippen molar-refractivity contribution >= 4 is 39.4 Å². The third kappa shape index (κ3) is 2.98. The van der Waals surface area contributed by atoms with Crippen LogP contribution in [0.25, 0.3) is 33.5 Å². The van der Waals surface area contributed by atoms with Crippen LogP contribution in [-0.4, -0.2) is 32.2 Å². The monoisotopic (exact) mass is 416 g/mol. The third-order valence-corrected chi connectivity index (χ3v) is 6.13. The number of ether oxygens (including phenoxy) is 1. The number of aryl methyl sites for hydroxylation is 1. The minimum absolute atomic E-state index is 0.361. The number of thiophene rings is 1. The summed E-state index contributed by atoms with van der Waals surface area (Å²) in [6.45, 7) is 3.63. The number of methoxy groups -OCH3 is 1. The molecule has 0 atom stereocenters. The Morgan fingerprint density at radius 1 is 1.13 bits per heavy atom. The van der Waals surface area contributed by atoms with Gasteiger partial charge in [0.25, 0.3) is 0 Å². The molecule has 0 aliphatic rings. The van der Waals surface area contributed by atoms with Crippen LogP contribution in [-0.2, 0) is 17.8 Å². The summed E-state index contributed by atoms with van der Waals surface area (Å²) in [4.78, 5) is 22.8. The normalized spacial score (nSPS) is 11.4. The lowest BCUT2D eigenvalue weighted by molar-refractivity contribution is 0.0601. The van der Waals surface area contributed by atoms with Crippen molar-refractivity contribution in [1.29, 1.82) is 0 Å². The largest absolute Gasteiger partial charge is 0.465 e. The maximum atomic E-state index is 12.0. The van der Waals surface area contributed by atoms with Crippen LogP contribution < -0.4 is 0 Å². The Morgan fingerprint density at radius 3 is 2.80 bits per heavy atom. The molecule has 7 heteroatoms. The van der Waals surface area contributed by atoms with E-state index < -0.39 is 0 Å². The molecule has 0 aliphatic heterocycles. The van der Waals surface area contributed by atoms with Gasteiger partial charge in [0.05, 0.1) is 47.6 Å². The van der Waals surface area contributed by atoms with E-state index in [4.69, 9.17) is 9.72 Å². The lowest BCUT2D eigenvalue weighted by Gasteiger charge is -2.10. The number of imidazole rings is 2. The number of aromatic nitrogens is 4. The lowest BCUT2D eigenvalue weighted by Crippen LogP contribution is -2.02. The van der Waals surface area contributed by atoms with Gasteiger partial charge in [0.15, 0.2) is 0 Å². The minimum Gasteiger partial charge on any atom is -0.465 e. The molecule has 0 saturated carbocycles. The fourth-order valence-electron chi connectivity index (χ4n) is 3.90. The highest BCUT2D eigenvalue weighted by Gasteiger charge is 2.18. The number of hydrogen-bond acceptors (Lipinski definition) is 5. The molecule has 150 valence electrons. The molecule has 0 unspecified atom stereocenters. The number of fused-ring (bicyclic) bond motifs is 2. The molecule has 0 radical (unpaired) electrons. The zero-order valence-corrected chi connectivity index (χ0v) is 17.5. The average molecular weight is 417 g/mol. The van der Waals surface area contributed by atoms with Gasteiger partial charge in [0.1, 0.15) is 5.82 Å². The highest BCUT2D eigenvalue weighted by Crippen LogP contribution is 2.31. The molecule has 0 amide bonds. The highest BCUT2D eigenvalue weighted by atomic mass is 32.1. The molecular weight excluding hydrogens is 396 g/mol. The second kappa shape index (κ2) is 7.42. The number of carbonyl (C=O) groups is 1. The molecule has 3 heterocycles. The standard InChI is InChI=1S/C23H20N4O2S/c1-3-27-20-10-9-15(23(28)29-2)12-19(20)25-22(27)17-7-4-8-18-21(17)26(14-24-18)13-16-6-5-11-30-16/h4-12,14H,3,13H2,1-2H3. The first kappa shape index (κ1) is 18.6. The fraction of sp³-hybridized carbons (Fsp3) is 0.174. The molecule has 0 bridgehead atoms. The molecule has 0 fully saturated rings. The second-order valence-corrected chi connectivity index (χ2v) is 8.03. The van der Waals surface area contributed by atoms with Crippen molar-refractivity contribution in [3.05, 3.63) is 70.7 Å². The lowest BCUT2D eigenvalue weighted by atomic mass is 10.1. The molecule has 0 saturated heterocycles. The van der Waals surface area contributed by atoms with Crippen LogP contribution in [0.5, 0.6) is 0 Å². The van der Waals surface area contributed by atoms with Gasteiger partial charge in [-0.2, -0.15) is 0 Å². The van der Waals surface area contributed by atoms with Crippen LogP contribution >= 0.6 is 11.3 Å². The van der Waals surface area contributed by atoms with E-state index in [1.165, 1.54) is 12.0 Å². The van der Waals surface area contributed by atoms with Crippen LogP contribution in [0, 0.1) is 0 Å². The van der Waals surface area contributed by atoms with E-state index in [2.05, 4.69) is 44.6 Å². The molecule has 6 nitrogen and oxygen atoms in total. The first-order valence-corrected chi connectivity index (χ1v) is 10.6. The summed E-state index contributed by atoms with van der Waals surface area (Å²) in [7, 11) is 1.39. The summed E-state index contributed by atoms with van der Waals surface area (Å²) in [6.07, 6.45) is 1.89. The predicted molar refractivity (Wildman–Crippen MR) is 119 cm³/mol. The number of rotatable bonds is 5. The molecule has 5 aromatic rings. The Hall–Kier alpha value is -3.45. The molecule has 0 spiro atoms. The average Bonchev–Trinajstić information content (AvgIpc) is 3.51. The third-order valence-electron chi connectivity index (χ3n) is 5.27. The Kier molecular flexibility index (Phi) is 4.59. The molecular formula is C23H20N4O2S. The summed E-state index contributed by atoms with van der Waals surface area (Å²) >= 11 is 1.74. The maximum Gasteiger partial charge on any atom is 0.337 e. The number of benzene rings is 2. The summed E-state index contributed by atoms with van der Waals surface area (Å²) in [5, 5.41) is 2.09. The quantitative estimate of drug-likeness (QED) is 0.380. The summed E-state index contributed by atoms with van der Waals surface area (Å²) in [6, 6.07) is 15.8. The Bertz CT molecular complexity index is 1370. The minimum atomic E-state index is -0.361. The SMILES string of the molecule is CCn1c(-c2cccc3ncn(Cc4cccs4)c23)nc2cc(C(=O)OC)ccc21. The summed E-state index contributed by atoms with van der Waals surface area (Å²) < 4.78 is 9.21. The van der Waals surface area contributed by atoms with E-state index >= 15 is 0 Å². The van der Waals surface area contributed by atoms with Crippen LogP contribution in [0.1, 0.15) is 22.2 Å². The van der Waals surface area contributed by atoms with Crippen molar-refractivity contribution < 1.29 is 9.53 Å². The Morgan fingerprint density at radius 2 is 2.03 bits per heavy atom. The predicted octanol–water partition coefficient (Wildman–Crippen LogP) is 4.97. The smallest absolute Gasteiger partial charge is 0.337 e. The molecule has 5 rings (SSSR count). The maximum absolute atomic E-state index is 12.0. The van der Waals surface area contributed by atoms with Gasteiger partial charge in [-0.05, 0) is 48.7 Å². The number of carbonyl (C=O) groups excluding carboxylic acids is 1.